The van der Waals surface area contributed by atoms with Crippen LogP contribution in [0.5, 0.6) is 5.75 Å². The first-order valence-electron chi connectivity index (χ1n) is 8.93. The Kier molecular flexibility index (Phi) is 6.52. The van der Waals surface area contributed by atoms with Gasteiger partial charge in [0, 0.05) is 35.3 Å². The molecule has 0 N–H and O–H groups in total. The Morgan fingerprint density at radius 3 is 2.17 bits per heavy atom. The zero-order chi connectivity index (χ0) is 21.9. The van der Waals surface area contributed by atoms with Gasteiger partial charge in [-0.15, -0.1) is 0 Å². The van der Waals surface area contributed by atoms with Gasteiger partial charge in [0.05, 0.1) is 18.8 Å². The molecule has 0 aliphatic carbocycles. The number of allylic oxidation sites excluding steroid dienone is 1. The first kappa shape index (κ1) is 21.9. The van der Waals surface area contributed by atoms with E-state index in [2.05, 4.69) is 0 Å². The number of hydrogen-bond donors (Lipinski definition) is 0. The van der Waals surface area contributed by atoms with Gasteiger partial charge in [-0.2, -0.15) is 13.2 Å². The molecule has 0 atom stereocenters. The number of alkyl halides is 3. The molecule has 0 amide bonds. The molecule has 0 saturated carbocycles. The van der Waals surface area contributed by atoms with Crippen LogP contribution in [-0.2, 0) is 9.47 Å². The number of hydrogen-bond acceptors (Lipinski definition) is 4. The van der Waals surface area contributed by atoms with Crippen molar-refractivity contribution in [3.63, 3.8) is 0 Å². The lowest BCUT2D eigenvalue weighted by atomic mass is 10.1. The van der Waals surface area contributed by atoms with E-state index >= 15 is 0 Å². The first-order chi connectivity index (χ1) is 14.1. The SMILES string of the molecule is CC1COC(c2ccc(C(=O)Oc3cc(F)c(/C=C/C(F)(F)F)c(F)c3)cc2)OC1. The van der Waals surface area contributed by atoms with Gasteiger partial charge in [0.1, 0.15) is 17.4 Å². The topological polar surface area (TPSA) is 44.8 Å². The van der Waals surface area contributed by atoms with Crippen LogP contribution in [-0.4, -0.2) is 25.4 Å². The minimum atomic E-state index is -4.72. The number of carbonyl (C=O) groups is 1. The molecule has 0 radical (unpaired) electrons. The van der Waals surface area contributed by atoms with Crippen LogP contribution < -0.4 is 4.74 Å². The second-order valence-electron chi connectivity index (χ2n) is 6.79. The monoisotopic (exact) mass is 428 g/mol. The highest BCUT2D eigenvalue weighted by molar-refractivity contribution is 5.91. The maximum Gasteiger partial charge on any atom is 0.409 e. The molecule has 0 unspecified atom stereocenters. The van der Waals surface area contributed by atoms with Gasteiger partial charge in [0.25, 0.3) is 0 Å². The summed E-state index contributed by atoms with van der Waals surface area (Å²) in [5, 5.41) is 0. The molecular weight excluding hydrogens is 411 g/mol. The number of benzene rings is 2. The van der Waals surface area contributed by atoms with Crippen molar-refractivity contribution in [2.75, 3.05) is 13.2 Å². The highest BCUT2D eigenvalue weighted by Crippen LogP contribution is 2.27. The van der Waals surface area contributed by atoms with Crippen LogP contribution in [0.2, 0.25) is 0 Å². The van der Waals surface area contributed by atoms with Crippen molar-refractivity contribution in [2.24, 2.45) is 5.92 Å². The maximum absolute atomic E-state index is 13.9. The van der Waals surface area contributed by atoms with Gasteiger partial charge >= 0.3 is 12.1 Å². The van der Waals surface area contributed by atoms with E-state index in [-0.39, 0.29) is 23.6 Å². The van der Waals surface area contributed by atoms with E-state index in [0.717, 1.165) is 0 Å². The predicted octanol–water partition coefficient (Wildman–Crippen LogP) is 5.44. The average Bonchev–Trinajstić information content (AvgIpc) is 2.67. The molecule has 0 spiro atoms. The summed E-state index contributed by atoms with van der Waals surface area (Å²) in [6.45, 7) is 3.07. The molecule has 0 bridgehead atoms. The molecule has 1 saturated heterocycles. The van der Waals surface area contributed by atoms with Gasteiger partial charge in [0.15, 0.2) is 6.29 Å². The van der Waals surface area contributed by atoms with E-state index in [0.29, 0.717) is 30.9 Å². The van der Waals surface area contributed by atoms with E-state index in [9.17, 15) is 26.7 Å². The number of rotatable bonds is 4. The summed E-state index contributed by atoms with van der Waals surface area (Å²) < 4.78 is 80.5. The summed E-state index contributed by atoms with van der Waals surface area (Å²) in [6, 6.07) is 7.35. The molecule has 0 aromatic heterocycles. The number of halogens is 5. The minimum Gasteiger partial charge on any atom is -0.423 e. The predicted molar refractivity (Wildman–Crippen MR) is 96.7 cm³/mol. The van der Waals surface area contributed by atoms with Gasteiger partial charge < -0.3 is 14.2 Å². The van der Waals surface area contributed by atoms with Crippen LogP contribution in [0.3, 0.4) is 0 Å². The lowest BCUT2D eigenvalue weighted by molar-refractivity contribution is -0.202. The molecule has 2 aromatic rings. The van der Waals surface area contributed by atoms with Gasteiger partial charge in [-0.1, -0.05) is 19.1 Å². The third-order valence-electron chi connectivity index (χ3n) is 4.18. The van der Waals surface area contributed by atoms with E-state index in [4.69, 9.17) is 14.2 Å². The van der Waals surface area contributed by atoms with Gasteiger partial charge in [0.2, 0.25) is 0 Å². The van der Waals surface area contributed by atoms with Crippen LogP contribution in [0.1, 0.15) is 34.7 Å². The summed E-state index contributed by atoms with van der Waals surface area (Å²) in [5.74, 6) is -3.68. The van der Waals surface area contributed by atoms with Gasteiger partial charge in [-0.25, -0.2) is 13.6 Å². The van der Waals surface area contributed by atoms with E-state index in [1.165, 1.54) is 12.1 Å². The van der Waals surface area contributed by atoms with Crippen LogP contribution in [0.15, 0.2) is 42.5 Å². The average molecular weight is 428 g/mol. The summed E-state index contributed by atoms with van der Waals surface area (Å²) in [7, 11) is 0. The van der Waals surface area contributed by atoms with Crippen molar-refractivity contribution in [3.05, 3.63) is 70.8 Å². The lowest BCUT2D eigenvalue weighted by Gasteiger charge is -2.27. The maximum atomic E-state index is 13.9. The molecule has 1 fully saturated rings. The zero-order valence-electron chi connectivity index (χ0n) is 15.7. The number of esters is 1. The van der Waals surface area contributed by atoms with Crippen molar-refractivity contribution >= 4 is 12.0 Å². The fraction of sp³-hybridized carbons (Fsp3) is 0.286. The summed E-state index contributed by atoms with van der Waals surface area (Å²) in [6.07, 6.45) is -5.29. The molecular formula is C21H17F5O4. The molecule has 30 heavy (non-hydrogen) atoms. The minimum absolute atomic E-state index is 0.102. The Labute approximate surface area is 168 Å². The van der Waals surface area contributed by atoms with Crippen LogP contribution in [0.25, 0.3) is 6.08 Å². The Bertz CT molecular complexity index is 906. The summed E-state index contributed by atoms with van der Waals surface area (Å²) in [5.41, 5.74) is -0.0978. The largest absolute Gasteiger partial charge is 0.423 e. The van der Waals surface area contributed by atoms with Crippen molar-refractivity contribution in [3.8, 4) is 5.75 Å². The second kappa shape index (κ2) is 8.93. The standard InChI is InChI=1S/C21H17F5O4/c1-12-10-28-20(29-11-12)14-4-2-13(3-5-14)19(27)30-15-8-17(22)16(18(23)9-15)6-7-21(24,25)26/h2-9,12,20H,10-11H2,1H3/b7-6+. The fourth-order valence-corrected chi connectivity index (χ4v) is 2.69. The molecule has 1 heterocycles. The number of ether oxygens (including phenoxy) is 3. The van der Waals surface area contributed by atoms with Crippen molar-refractivity contribution in [1.82, 2.24) is 0 Å². The highest BCUT2D eigenvalue weighted by atomic mass is 19.4. The molecule has 3 rings (SSSR count). The Morgan fingerprint density at radius 2 is 1.63 bits per heavy atom. The lowest BCUT2D eigenvalue weighted by Crippen LogP contribution is -2.25. The summed E-state index contributed by atoms with van der Waals surface area (Å²) >= 11 is 0. The third kappa shape index (κ3) is 5.64. The Hall–Kier alpha value is -2.78. The summed E-state index contributed by atoms with van der Waals surface area (Å²) in [4.78, 5) is 12.2. The van der Waals surface area contributed by atoms with Crippen molar-refractivity contribution in [2.45, 2.75) is 19.4 Å². The highest BCUT2D eigenvalue weighted by Gasteiger charge is 2.24. The van der Waals surface area contributed by atoms with Gasteiger partial charge in [-0.3, -0.25) is 0 Å². The van der Waals surface area contributed by atoms with E-state index in [1.807, 2.05) is 6.92 Å². The first-order valence-corrected chi connectivity index (χ1v) is 8.93. The Morgan fingerprint density at radius 1 is 1.07 bits per heavy atom. The van der Waals surface area contributed by atoms with E-state index < -0.39 is 41.4 Å². The molecule has 1 aliphatic heterocycles. The van der Waals surface area contributed by atoms with Crippen molar-refractivity contribution in [1.29, 1.82) is 0 Å². The molecule has 2 aromatic carbocycles. The normalized spacial score (nSPS) is 19.8. The van der Waals surface area contributed by atoms with E-state index in [1.54, 1.807) is 12.1 Å². The molecule has 160 valence electrons. The van der Waals surface area contributed by atoms with Crippen LogP contribution in [0, 0.1) is 17.6 Å². The fourth-order valence-electron chi connectivity index (χ4n) is 2.69. The van der Waals surface area contributed by atoms with Crippen molar-refractivity contribution < 1.29 is 41.0 Å². The number of carbonyl (C=O) groups excluding carboxylic acids is 1. The molecule has 9 heteroatoms. The van der Waals surface area contributed by atoms with Crippen LogP contribution in [0.4, 0.5) is 22.0 Å². The van der Waals surface area contributed by atoms with Crippen LogP contribution >= 0.6 is 0 Å². The molecule has 1 aliphatic rings. The van der Waals surface area contributed by atoms with Gasteiger partial charge in [-0.05, 0) is 18.2 Å². The zero-order valence-corrected chi connectivity index (χ0v) is 15.7. The Balaban J connectivity index is 1.69. The second-order valence-corrected chi connectivity index (χ2v) is 6.79. The third-order valence-corrected chi connectivity index (χ3v) is 4.18. The molecule has 4 nitrogen and oxygen atoms in total. The quantitative estimate of drug-likeness (QED) is 0.370. The smallest absolute Gasteiger partial charge is 0.409 e.